The molecule has 4 heteroatoms. The highest BCUT2D eigenvalue weighted by molar-refractivity contribution is 5.87. The maximum Gasteiger partial charge on any atom is 0.326 e. The lowest BCUT2D eigenvalue weighted by Crippen LogP contribution is -2.48. The second-order valence-corrected chi connectivity index (χ2v) is 6.12. The fourth-order valence-electron chi connectivity index (χ4n) is 2.58. The lowest BCUT2D eigenvalue weighted by Gasteiger charge is -2.33. The van der Waals surface area contributed by atoms with Crippen LogP contribution in [0.1, 0.15) is 59.3 Å². The molecule has 0 saturated heterocycles. The van der Waals surface area contributed by atoms with Crippen LogP contribution in [0.4, 0.5) is 0 Å². The van der Waals surface area contributed by atoms with Crippen LogP contribution in [-0.4, -0.2) is 23.0 Å². The van der Waals surface area contributed by atoms with Gasteiger partial charge in [0.15, 0.2) is 0 Å². The molecule has 0 bridgehead atoms. The van der Waals surface area contributed by atoms with Crippen LogP contribution in [0.25, 0.3) is 0 Å². The Balaban J connectivity index is 2.62. The van der Waals surface area contributed by atoms with E-state index in [-0.39, 0.29) is 17.2 Å². The molecule has 1 fully saturated rings. The number of carbonyl (C=O) groups excluding carboxylic acids is 1. The van der Waals surface area contributed by atoms with Gasteiger partial charge < -0.3 is 10.4 Å². The standard InChI is InChI=1S/C14H25NO3/c1-10(2)9-11(12(16)17)15-13(18)14(3)7-5-4-6-8-14/h10-11H,4-9H2,1-3H3,(H,15,18)(H,16,17). The largest absolute Gasteiger partial charge is 0.480 e. The zero-order chi connectivity index (χ0) is 13.8. The molecule has 0 aromatic carbocycles. The van der Waals surface area contributed by atoms with E-state index < -0.39 is 12.0 Å². The number of nitrogens with one attached hydrogen (secondary N) is 1. The van der Waals surface area contributed by atoms with Crippen LogP contribution in [0.2, 0.25) is 0 Å². The summed E-state index contributed by atoms with van der Waals surface area (Å²) in [5.74, 6) is -0.766. The Hall–Kier alpha value is -1.06. The highest BCUT2D eigenvalue weighted by Gasteiger charge is 2.36. The molecule has 104 valence electrons. The van der Waals surface area contributed by atoms with Crippen molar-refractivity contribution in [2.24, 2.45) is 11.3 Å². The average molecular weight is 255 g/mol. The third kappa shape index (κ3) is 4.00. The van der Waals surface area contributed by atoms with Crippen molar-refractivity contribution in [1.82, 2.24) is 5.32 Å². The summed E-state index contributed by atoms with van der Waals surface area (Å²) in [7, 11) is 0. The summed E-state index contributed by atoms with van der Waals surface area (Å²) in [5.41, 5.74) is -0.372. The number of rotatable bonds is 5. The van der Waals surface area contributed by atoms with Crippen molar-refractivity contribution in [1.29, 1.82) is 0 Å². The molecule has 0 aromatic heterocycles. The summed E-state index contributed by atoms with van der Waals surface area (Å²) < 4.78 is 0. The first kappa shape index (κ1) is 15.0. The van der Waals surface area contributed by atoms with Crippen molar-refractivity contribution in [2.75, 3.05) is 0 Å². The first-order valence-electron chi connectivity index (χ1n) is 6.89. The van der Waals surface area contributed by atoms with Crippen molar-refractivity contribution in [3.05, 3.63) is 0 Å². The molecule has 4 nitrogen and oxygen atoms in total. The third-order valence-electron chi connectivity index (χ3n) is 3.82. The van der Waals surface area contributed by atoms with Gasteiger partial charge in [0.25, 0.3) is 0 Å². The van der Waals surface area contributed by atoms with Crippen LogP contribution in [0.3, 0.4) is 0 Å². The van der Waals surface area contributed by atoms with Gasteiger partial charge in [-0.15, -0.1) is 0 Å². The molecule has 1 aliphatic rings. The average Bonchev–Trinajstić information content (AvgIpc) is 2.28. The molecule has 0 radical (unpaired) electrons. The number of amides is 1. The fraction of sp³-hybridized carbons (Fsp3) is 0.857. The van der Waals surface area contributed by atoms with Crippen molar-refractivity contribution in [3.8, 4) is 0 Å². The van der Waals surface area contributed by atoms with Crippen LogP contribution in [0.15, 0.2) is 0 Å². The molecule has 0 spiro atoms. The van der Waals surface area contributed by atoms with E-state index in [1.54, 1.807) is 0 Å². The minimum atomic E-state index is -0.934. The zero-order valence-electron chi connectivity index (χ0n) is 11.7. The van der Waals surface area contributed by atoms with E-state index in [4.69, 9.17) is 5.11 Å². The number of hydrogen-bond donors (Lipinski definition) is 2. The Morgan fingerprint density at radius 1 is 1.22 bits per heavy atom. The smallest absolute Gasteiger partial charge is 0.326 e. The van der Waals surface area contributed by atoms with Gasteiger partial charge in [-0.25, -0.2) is 4.79 Å². The Morgan fingerprint density at radius 3 is 2.22 bits per heavy atom. The van der Waals surface area contributed by atoms with E-state index in [1.807, 2.05) is 20.8 Å². The van der Waals surface area contributed by atoms with Gasteiger partial charge in [0.1, 0.15) is 6.04 Å². The Morgan fingerprint density at radius 2 is 1.78 bits per heavy atom. The van der Waals surface area contributed by atoms with Crippen molar-refractivity contribution >= 4 is 11.9 Å². The maximum absolute atomic E-state index is 12.2. The topological polar surface area (TPSA) is 66.4 Å². The van der Waals surface area contributed by atoms with Gasteiger partial charge in [-0.1, -0.05) is 40.0 Å². The number of carboxylic acid groups (broad SMARTS) is 1. The molecule has 2 N–H and O–H groups in total. The van der Waals surface area contributed by atoms with Crippen molar-refractivity contribution < 1.29 is 14.7 Å². The summed E-state index contributed by atoms with van der Waals surface area (Å²) in [5, 5.41) is 11.9. The van der Waals surface area contributed by atoms with Gasteiger partial charge in [0, 0.05) is 5.41 Å². The number of hydrogen-bond acceptors (Lipinski definition) is 2. The molecule has 1 atom stereocenters. The summed E-state index contributed by atoms with van der Waals surface area (Å²) >= 11 is 0. The number of aliphatic carboxylic acids is 1. The summed E-state index contributed by atoms with van der Waals surface area (Å²) in [6.45, 7) is 5.88. The summed E-state index contributed by atoms with van der Waals surface area (Å²) in [4.78, 5) is 23.4. The van der Waals surface area contributed by atoms with Crippen LogP contribution < -0.4 is 5.32 Å². The Labute approximate surface area is 109 Å². The first-order chi connectivity index (χ1) is 8.35. The van der Waals surface area contributed by atoms with Gasteiger partial charge in [0.05, 0.1) is 0 Å². The van der Waals surface area contributed by atoms with Crippen LogP contribution in [0.5, 0.6) is 0 Å². The molecule has 0 heterocycles. The van der Waals surface area contributed by atoms with E-state index >= 15 is 0 Å². The molecule has 18 heavy (non-hydrogen) atoms. The Bertz CT molecular complexity index is 306. The second kappa shape index (κ2) is 6.21. The molecular weight excluding hydrogens is 230 g/mol. The number of carboxylic acids is 1. The van der Waals surface area contributed by atoms with Gasteiger partial charge >= 0.3 is 5.97 Å². The van der Waals surface area contributed by atoms with Gasteiger partial charge in [-0.05, 0) is 25.2 Å². The zero-order valence-corrected chi connectivity index (χ0v) is 11.7. The lowest BCUT2D eigenvalue weighted by atomic mass is 9.75. The van der Waals surface area contributed by atoms with E-state index in [0.717, 1.165) is 25.7 Å². The van der Waals surface area contributed by atoms with Crippen LogP contribution in [-0.2, 0) is 9.59 Å². The SMILES string of the molecule is CC(C)CC(NC(=O)C1(C)CCCCC1)C(=O)O. The van der Waals surface area contributed by atoms with E-state index in [2.05, 4.69) is 5.32 Å². The Kier molecular flexibility index (Phi) is 5.17. The van der Waals surface area contributed by atoms with Gasteiger partial charge in [-0.3, -0.25) is 4.79 Å². The summed E-state index contributed by atoms with van der Waals surface area (Å²) in [6.07, 6.45) is 5.52. The molecule has 0 aromatic rings. The van der Waals surface area contributed by atoms with E-state index in [1.165, 1.54) is 6.42 Å². The van der Waals surface area contributed by atoms with Crippen molar-refractivity contribution in [3.63, 3.8) is 0 Å². The van der Waals surface area contributed by atoms with Crippen molar-refractivity contribution in [2.45, 2.75) is 65.3 Å². The molecule has 1 rings (SSSR count). The molecule has 0 aliphatic heterocycles. The minimum Gasteiger partial charge on any atom is -0.480 e. The van der Waals surface area contributed by atoms with Gasteiger partial charge in [-0.2, -0.15) is 0 Å². The van der Waals surface area contributed by atoms with Gasteiger partial charge in [0.2, 0.25) is 5.91 Å². The summed E-state index contributed by atoms with van der Waals surface area (Å²) in [6, 6.07) is -0.753. The quantitative estimate of drug-likeness (QED) is 0.793. The minimum absolute atomic E-state index is 0.0877. The molecular formula is C14H25NO3. The van der Waals surface area contributed by atoms with Crippen LogP contribution >= 0.6 is 0 Å². The van der Waals surface area contributed by atoms with E-state index in [9.17, 15) is 9.59 Å². The van der Waals surface area contributed by atoms with E-state index in [0.29, 0.717) is 6.42 Å². The third-order valence-corrected chi connectivity index (χ3v) is 3.82. The normalized spacial score (nSPS) is 20.4. The highest BCUT2D eigenvalue weighted by atomic mass is 16.4. The predicted octanol–water partition coefficient (Wildman–Crippen LogP) is 2.57. The first-order valence-corrected chi connectivity index (χ1v) is 6.89. The van der Waals surface area contributed by atoms with Crippen LogP contribution in [0, 0.1) is 11.3 Å². The predicted molar refractivity (Wildman–Crippen MR) is 70.2 cm³/mol. The molecule has 1 saturated carbocycles. The fourth-order valence-corrected chi connectivity index (χ4v) is 2.58. The molecule has 1 unspecified atom stereocenters. The second-order valence-electron chi connectivity index (χ2n) is 6.12. The molecule has 1 aliphatic carbocycles. The monoisotopic (exact) mass is 255 g/mol. The lowest BCUT2D eigenvalue weighted by molar-refractivity contribution is -0.144. The highest BCUT2D eigenvalue weighted by Crippen LogP contribution is 2.36. The maximum atomic E-state index is 12.2. The molecule has 1 amide bonds. The number of carbonyl (C=O) groups is 2.